The topological polar surface area (TPSA) is 20.2 Å². The SMILES string of the molecule is Cc1cccc(C=Cc2ccccc2)c1O. The second-order valence-corrected chi connectivity index (χ2v) is 3.76. The van der Waals surface area contributed by atoms with Crippen LogP contribution in [0.25, 0.3) is 12.2 Å². The zero-order valence-electron chi connectivity index (χ0n) is 9.22. The van der Waals surface area contributed by atoms with Gasteiger partial charge in [-0.05, 0) is 18.1 Å². The molecular weight excluding hydrogens is 196 g/mol. The van der Waals surface area contributed by atoms with Gasteiger partial charge in [-0.3, -0.25) is 0 Å². The number of rotatable bonds is 2. The maximum absolute atomic E-state index is 9.82. The van der Waals surface area contributed by atoms with Crippen LogP contribution in [0, 0.1) is 6.92 Å². The van der Waals surface area contributed by atoms with E-state index in [1.807, 2.05) is 67.6 Å². The van der Waals surface area contributed by atoms with Crippen LogP contribution in [0.15, 0.2) is 48.5 Å². The maximum Gasteiger partial charge on any atom is 0.125 e. The van der Waals surface area contributed by atoms with Crippen molar-refractivity contribution in [2.24, 2.45) is 0 Å². The van der Waals surface area contributed by atoms with E-state index in [-0.39, 0.29) is 0 Å². The molecule has 0 aromatic heterocycles. The number of hydrogen-bond acceptors (Lipinski definition) is 1. The minimum atomic E-state index is 0.356. The van der Waals surface area contributed by atoms with Crippen molar-refractivity contribution >= 4 is 12.2 Å². The van der Waals surface area contributed by atoms with Crippen LogP contribution in [0.1, 0.15) is 16.7 Å². The Morgan fingerprint density at radius 3 is 2.38 bits per heavy atom. The molecule has 2 aromatic rings. The smallest absolute Gasteiger partial charge is 0.125 e. The fraction of sp³-hybridized carbons (Fsp3) is 0.0667. The molecule has 0 atom stereocenters. The highest BCUT2D eigenvalue weighted by Crippen LogP contribution is 2.23. The van der Waals surface area contributed by atoms with Crippen molar-refractivity contribution in [3.63, 3.8) is 0 Å². The molecular formula is C15H14O. The van der Waals surface area contributed by atoms with E-state index in [0.717, 1.165) is 16.7 Å². The molecule has 0 saturated heterocycles. The van der Waals surface area contributed by atoms with E-state index in [4.69, 9.17) is 0 Å². The summed E-state index contributed by atoms with van der Waals surface area (Å²) in [6, 6.07) is 15.8. The third-order valence-electron chi connectivity index (χ3n) is 2.52. The molecule has 2 rings (SSSR count). The summed E-state index contributed by atoms with van der Waals surface area (Å²) in [7, 11) is 0. The zero-order chi connectivity index (χ0) is 11.4. The molecule has 0 spiro atoms. The number of para-hydroxylation sites is 1. The molecule has 0 radical (unpaired) electrons. The minimum Gasteiger partial charge on any atom is -0.507 e. The van der Waals surface area contributed by atoms with Crippen molar-refractivity contribution < 1.29 is 5.11 Å². The van der Waals surface area contributed by atoms with E-state index < -0.39 is 0 Å². The molecule has 1 nitrogen and oxygen atoms in total. The molecule has 0 bridgehead atoms. The number of phenolic OH excluding ortho intramolecular Hbond substituents is 1. The Kier molecular flexibility index (Phi) is 3.06. The third kappa shape index (κ3) is 2.31. The first kappa shape index (κ1) is 10.5. The van der Waals surface area contributed by atoms with Crippen molar-refractivity contribution in [2.75, 3.05) is 0 Å². The maximum atomic E-state index is 9.82. The molecule has 16 heavy (non-hydrogen) atoms. The lowest BCUT2D eigenvalue weighted by molar-refractivity contribution is 0.470. The quantitative estimate of drug-likeness (QED) is 0.746. The van der Waals surface area contributed by atoms with E-state index in [9.17, 15) is 5.11 Å². The van der Waals surface area contributed by atoms with Gasteiger partial charge in [-0.25, -0.2) is 0 Å². The van der Waals surface area contributed by atoms with Gasteiger partial charge in [0.25, 0.3) is 0 Å². The van der Waals surface area contributed by atoms with Gasteiger partial charge in [0.15, 0.2) is 0 Å². The second kappa shape index (κ2) is 4.67. The summed E-state index contributed by atoms with van der Waals surface area (Å²) in [6.45, 7) is 1.90. The standard InChI is InChI=1S/C15H14O/c1-12-6-5-9-14(15(12)16)11-10-13-7-3-2-4-8-13/h2-11,16H,1H3. The van der Waals surface area contributed by atoms with E-state index in [1.165, 1.54) is 0 Å². The summed E-state index contributed by atoms with van der Waals surface area (Å²) < 4.78 is 0. The summed E-state index contributed by atoms with van der Waals surface area (Å²) in [5, 5.41) is 9.82. The summed E-state index contributed by atoms with van der Waals surface area (Å²) >= 11 is 0. The average molecular weight is 210 g/mol. The van der Waals surface area contributed by atoms with Gasteiger partial charge in [0.2, 0.25) is 0 Å². The van der Waals surface area contributed by atoms with Gasteiger partial charge >= 0.3 is 0 Å². The largest absolute Gasteiger partial charge is 0.507 e. The van der Waals surface area contributed by atoms with Crippen LogP contribution in [-0.4, -0.2) is 5.11 Å². The molecule has 0 aliphatic carbocycles. The lowest BCUT2D eigenvalue weighted by Gasteiger charge is -2.01. The fourth-order valence-electron chi connectivity index (χ4n) is 1.57. The average Bonchev–Trinajstić information content (AvgIpc) is 2.32. The van der Waals surface area contributed by atoms with Gasteiger partial charge in [0.05, 0.1) is 0 Å². The first-order valence-corrected chi connectivity index (χ1v) is 5.29. The van der Waals surface area contributed by atoms with Crippen LogP contribution < -0.4 is 0 Å². The van der Waals surface area contributed by atoms with Crippen LogP contribution in [-0.2, 0) is 0 Å². The molecule has 0 unspecified atom stereocenters. The zero-order valence-corrected chi connectivity index (χ0v) is 9.22. The molecule has 1 heteroatoms. The van der Waals surface area contributed by atoms with E-state index in [1.54, 1.807) is 0 Å². The summed E-state index contributed by atoms with van der Waals surface area (Å²) in [5.41, 5.74) is 2.88. The van der Waals surface area contributed by atoms with Crippen LogP contribution in [0.4, 0.5) is 0 Å². The molecule has 1 N–H and O–H groups in total. The van der Waals surface area contributed by atoms with Crippen molar-refractivity contribution in [2.45, 2.75) is 6.92 Å². The Morgan fingerprint density at radius 2 is 1.62 bits per heavy atom. The first-order chi connectivity index (χ1) is 7.77. The van der Waals surface area contributed by atoms with Crippen molar-refractivity contribution in [3.8, 4) is 5.75 Å². The Bertz CT molecular complexity index is 498. The Morgan fingerprint density at radius 1 is 0.875 bits per heavy atom. The molecule has 0 amide bonds. The number of aryl methyl sites for hydroxylation is 1. The molecule has 0 fully saturated rings. The van der Waals surface area contributed by atoms with Crippen molar-refractivity contribution in [1.29, 1.82) is 0 Å². The van der Waals surface area contributed by atoms with E-state index in [2.05, 4.69) is 0 Å². The second-order valence-electron chi connectivity index (χ2n) is 3.76. The van der Waals surface area contributed by atoms with Gasteiger partial charge < -0.3 is 5.11 Å². The normalized spacial score (nSPS) is 10.8. The van der Waals surface area contributed by atoms with Gasteiger partial charge in [0, 0.05) is 5.56 Å². The Labute approximate surface area is 95.7 Å². The number of benzene rings is 2. The van der Waals surface area contributed by atoms with Crippen molar-refractivity contribution in [3.05, 3.63) is 65.2 Å². The lowest BCUT2D eigenvalue weighted by atomic mass is 10.1. The predicted octanol–water partition coefficient (Wildman–Crippen LogP) is 3.87. The molecule has 0 aliphatic heterocycles. The number of hydrogen-bond donors (Lipinski definition) is 1. The van der Waals surface area contributed by atoms with Crippen LogP contribution >= 0.6 is 0 Å². The minimum absolute atomic E-state index is 0.356. The monoisotopic (exact) mass is 210 g/mol. The van der Waals surface area contributed by atoms with Gasteiger partial charge in [-0.2, -0.15) is 0 Å². The molecule has 80 valence electrons. The highest BCUT2D eigenvalue weighted by molar-refractivity contribution is 5.73. The highest BCUT2D eigenvalue weighted by Gasteiger charge is 1.98. The summed E-state index contributed by atoms with van der Waals surface area (Å²) in [5.74, 6) is 0.356. The van der Waals surface area contributed by atoms with Gasteiger partial charge in [-0.1, -0.05) is 60.7 Å². The fourth-order valence-corrected chi connectivity index (χ4v) is 1.57. The third-order valence-corrected chi connectivity index (χ3v) is 2.52. The van der Waals surface area contributed by atoms with Crippen LogP contribution in [0.3, 0.4) is 0 Å². The Hall–Kier alpha value is -2.02. The highest BCUT2D eigenvalue weighted by atomic mass is 16.3. The van der Waals surface area contributed by atoms with E-state index >= 15 is 0 Å². The molecule has 2 aromatic carbocycles. The van der Waals surface area contributed by atoms with Gasteiger partial charge in [0.1, 0.15) is 5.75 Å². The predicted molar refractivity (Wildman–Crippen MR) is 68.2 cm³/mol. The number of phenols is 1. The first-order valence-electron chi connectivity index (χ1n) is 5.29. The molecule has 0 saturated carbocycles. The lowest BCUT2D eigenvalue weighted by Crippen LogP contribution is -1.78. The Balaban J connectivity index is 2.28. The molecule has 0 heterocycles. The van der Waals surface area contributed by atoms with Crippen LogP contribution in [0.2, 0.25) is 0 Å². The molecule has 0 aliphatic rings. The van der Waals surface area contributed by atoms with Crippen molar-refractivity contribution in [1.82, 2.24) is 0 Å². The summed E-state index contributed by atoms with van der Waals surface area (Å²) in [6.07, 6.45) is 3.92. The summed E-state index contributed by atoms with van der Waals surface area (Å²) in [4.78, 5) is 0. The van der Waals surface area contributed by atoms with E-state index in [0.29, 0.717) is 5.75 Å². The van der Waals surface area contributed by atoms with Crippen LogP contribution in [0.5, 0.6) is 5.75 Å². The van der Waals surface area contributed by atoms with Gasteiger partial charge in [-0.15, -0.1) is 0 Å². The number of aromatic hydroxyl groups is 1.